The van der Waals surface area contributed by atoms with Crippen LogP contribution in [0.4, 0.5) is 0 Å². The van der Waals surface area contributed by atoms with Gasteiger partial charge in [-0.25, -0.2) is 0 Å². The third-order valence-electron chi connectivity index (χ3n) is 3.19. The van der Waals surface area contributed by atoms with Gasteiger partial charge in [-0.3, -0.25) is 9.78 Å². The van der Waals surface area contributed by atoms with Gasteiger partial charge < -0.3 is 10.6 Å². The second-order valence-electron chi connectivity index (χ2n) is 4.86. The fraction of sp³-hybridized carbons (Fsp3) is 0.571. The van der Waals surface area contributed by atoms with Crippen molar-refractivity contribution in [2.75, 3.05) is 6.54 Å². The van der Waals surface area contributed by atoms with Gasteiger partial charge in [0.2, 0.25) is 5.91 Å². The number of likely N-dealkylation sites (N-methyl/N-ethyl adjacent to an activating group) is 1. The zero-order chi connectivity index (χ0) is 13.8. The van der Waals surface area contributed by atoms with E-state index in [2.05, 4.69) is 4.98 Å². The Morgan fingerprint density at radius 2 is 2.11 bits per heavy atom. The van der Waals surface area contributed by atoms with E-state index < -0.39 is 5.54 Å². The Balaban J connectivity index is 2.82. The van der Waals surface area contributed by atoms with Gasteiger partial charge in [0.05, 0.1) is 17.8 Å². The second kappa shape index (κ2) is 5.96. The Morgan fingerprint density at radius 1 is 1.44 bits per heavy atom. The Morgan fingerprint density at radius 3 is 2.61 bits per heavy atom. The number of carbonyl (C=O) groups excluding carboxylic acids is 1. The molecule has 0 aliphatic rings. The molecule has 4 nitrogen and oxygen atoms in total. The third kappa shape index (κ3) is 3.53. The molecule has 100 valence electrons. The lowest BCUT2D eigenvalue weighted by molar-refractivity contribution is -0.137. The van der Waals surface area contributed by atoms with E-state index >= 15 is 0 Å². The molecular formula is C14H23N3O. The first-order chi connectivity index (χ1) is 8.40. The van der Waals surface area contributed by atoms with Crippen molar-refractivity contribution in [2.45, 2.75) is 46.2 Å². The number of hydrogen-bond donors (Lipinski definition) is 1. The van der Waals surface area contributed by atoms with Gasteiger partial charge >= 0.3 is 0 Å². The van der Waals surface area contributed by atoms with Gasteiger partial charge in [-0.05, 0) is 39.3 Å². The minimum atomic E-state index is -0.792. The highest BCUT2D eigenvalue weighted by atomic mass is 16.2. The number of carbonyl (C=O) groups is 1. The van der Waals surface area contributed by atoms with E-state index in [1.54, 1.807) is 11.8 Å². The van der Waals surface area contributed by atoms with Gasteiger partial charge in [-0.1, -0.05) is 13.0 Å². The number of hydrogen-bond acceptors (Lipinski definition) is 3. The molecule has 18 heavy (non-hydrogen) atoms. The van der Waals surface area contributed by atoms with E-state index in [4.69, 9.17) is 5.73 Å². The maximum absolute atomic E-state index is 12.3. The summed E-state index contributed by atoms with van der Waals surface area (Å²) < 4.78 is 0. The summed E-state index contributed by atoms with van der Waals surface area (Å²) in [5.41, 5.74) is 7.08. The van der Waals surface area contributed by atoms with Crippen molar-refractivity contribution < 1.29 is 4.79 Å². The SMILES string of the molecule is CCN(Cc1cccc(C)n1)C(=O)C(C)(N)CC. The third-order valence-corrected chi connectivity index (χ3v) is 3.19. The van der Waals surface area contributed by atoms with Crippen LogP contribution in [0.5, 0.6) is 0 Å². The number of amides is 1. The van der Waals surface area contributed by atoms with Crippen molar-refractivity contribution in [3.63, 3.8) is 0 Å². The van der Waals surface area contributed by atoms with Crippen molar-refractivity contribution >= 4 is 5.91 Å². The van der Waals surface area contributed by atoms with Crippen molar-refractivity contribution in [1.82, 2.24) is 9.88 Å². The van der Waals surface area contributed by atoms with Gasteiger partial charge in [0, 0.05) is 12.2 Å². The molecule has 0 saturated carbocycles. The Hall–Kier alpha value is -1.42. The maximum atomic E-state index is 12.3. The van der Waals surface area contributed by atoms with Gasteiger partial charge in [0.15, 0.2) is 0 Å². The number of rotatable bonds is 5. The van der Waals surface area contributed by atoms with Crippen LogP contribution in [-0.4, -0.2) is 27.9 Å². The summed E-state index contributed by atoms with van der Waals surface area (Å²) in [6, 6.07) is 5.83. The lowest BCUT2D eigenvalue weighted by atomic mass is 9.98. The summed E-state index contributed by atoms with van der Waals surface area (Å²) in [7, 11) is 0. The smallest absolute Gasteiger partial charge is 0.242 e. The van der Waals surface area contributed by atoms with Gasteiger partial charge in [0.1, 0.15) is 0 Å². The Labute approximate surface area is 109 Å². The lowest BCUT2D eigenvalue weighted by Gasteiger charge is -2.30. The van der Waals surface area contributed by atoms with E-state index in [1.807, 2.05) is 39.0 Å². The predicted octanol–water partition coefficient (Wildman–Crippen LogP) is 1.87. The molecule has 0 saturated heterocycles. The fourth-order valence-electron chi connectivity index (χ4n) is 1.72. The molecular weight excluding hydrogens is 226 g/mol. The molecule has 1 aromatic heterocycles. The monoisotopic (exact) mass is 249 g/mol. The van der Waals surface area contributed by atoms with E-state index in [0.717, 1.165) is 11.4 Å². The normalized spacial score (nSPS) is 14.1. The quantitative estimate of drug-likeness (QED) is 0.866. The first-order valence-corrected chi connectivity index (χ1v) is 6.41. The topological polar surface area (TPSA) is 59.2 Å². The molecule has 1 heterocycles. The molecule has 4 heteroatoms. The van der Waals surface area contributed by atoms with E-state index in [9.17, 15) is 4.79 Å². The lowest BCUT2D eigenvalue weighted by Crippen LogP contribution is -2.52. The van der Waals surface area contributed by atoms with Gasteiger partial charge in [-0.2, -0.15) is 0 Å². The summed E-state index contributed by atoms with van der Waals surface area (Å²) in [6.07, 6.45) is 0.629. The van der Waals surface area contributed by atoms with Crippen LogP contribution >= 0.6 is 0 Å². The summed E-state index contributed by atoms with van der Waals surface area (Å²) in [5, 5.41) is 0. The zero-order valence-electron chi connectivity index (χ0n) is 11.7. The molecule has 1 rings (SSSR count). The van der Waals surface area contributed by atoms with Crippen molar-refractivity contribution in [3.05, 3.63) is 29.6 Å². The van der Waals surface area contributed by atoms with E-state index in [1.165, 1.54) is 0 Å². The highest BCUT2D eigenvalue weighted by molar-refractivity contribution is 5.85. The van der Waals surface area contributed by atoms with Crippen LogP contribution in [0.1, 0.15) is 38.6 Å². The summed E-state index contributed by atoms with van der Waals surface area (Å²) in [4.78, 5) is 18.5. The molecule has 1 amide bonds. The standard InChI is InChI=1S/C14H23N3O/c1-5-14(4,15)13(18)17(6-2)10-12-9-7-8-11(3)16-12/h7-9H,5-6,10,15H2,1-4H3. The summed E-state index contributed by atoms with van der Waals surface area (Å²) in [5.74, 6) is -0.0178. The number of nitrogens with zero attached hydrogens (tertiary/aromatic N) is 2. The molecule has 1 atom stereocenters. The van der Waals surface area contributed by atoms with Crippen LogP contribution in [0, 0.1) is 6.92 Å². The minimum absolute atomic E-state index is 0.0178. The Kier molecular flexibility index (Phi) is 4.84. The number of pyridine rings is 1. The maximum Gasteiger partial charge on any atom is 0.242 e. The molecule has 0 radical (unpaired) electrons. The average Bonchev–Trinajstić information content (AvgIpc) is 2.35. The van der Waals surface area contributed by atoms with E-state index in [-0.39, 0.29) is 5.91 Å². The molecule has 0 fully saturated rings. The molecule has 0 aromatic carbocycles. The minimum Gasteiger partial charge on any atom is -0.335 e. The number of aromatic nitrogens is 1. The first-order valence-electron chi connectivity index (χ1n) is 6.41. The van der Waals surface area contributed by atoms with Crippen LogP contribution in [-0.2, 0) is 11.3 Å². The average molecular weight is 249 g/mol. The predicted molar refractivity (Wildman–Crippen MR) is 72.9 cm³/mol. The van der Waals surface area contributed by atoms with Crippen LogP contribution in [0.15, 0.2) is 18.2 Å². The zero-order valence-corrected chi connectivity index (χ0v) is 11.7. The second-order valence-corrected chi connectivity index (χ2v) is 4.86. The van der Waals surface area contributed by atoms with Crippen LogP contribution in [0.25, 0.3) is 0 Å². The number of nitrogens with two attached hydrogens (primary N) is 1. The highest BCUT2D eigenvalue weighted by Gasteiger charge is 2.30. The van der Waals surface area contributed by atoms with E-state index in [0.29, 0.717) is 19.5 Å². The molecule has 1 unspecified atom stereocenters. The van der Waals surface area contributed by atoms with Gasteiger partial charge in [-0.15, -0.1) is 0 Å². The fourth-order valence-corrected chi connectivity index (χ4v) is 1.72. The Bertz CT molecular complexity index is 415. The molecule has 0 spiro atoms. The first kappa shape index (κ1) is 14.6. The summed E-state index contributed by atoms with van der Waals surface area (Å²) >= 11 is 0. The van der Waals surface area contributed by atoms with Crippen LogP contribution in [0.2, 0.25) is 0 Å². The van der Waals surface area contributed by atoms with Gasteiger partial charge in [0.25, 0.3) is 0 Å². The van der Waals surface area contributed by atoms with Crippen molar-refractivity contribution in [2.24, 2.45) is 5.73 Å². The summed E-state index contributed by atoms with van der Waals surface area (Å²) in [6.45, 7) is 8.77. The largest absolute Gasteiger partial charge is 0.335 e. The molecule has 0 bridgehead atoms. The molecule has 1 aromatic rings. The number of aryl methyl sites for hydroxylation is 1. The molecule has 0 aliphatic heterocycles. The van der Waals surface area contributed by atoms with Crippen molar-refractivity contribution in [1.29, 1.82) is 0 Å². The van der Waals surface area contributed by atoms with Crippen LogP contribution in [0.3, 0.4) is 0 Å². The molecule has 0 aliphatic carbocycles. The highest BCUT2D eigenvalue weighted by Crippen LogP contribution is 2.12. The van der Waals surface area contributed by atoms with Crippen LogP contribution < -0.4 is 5.73 Å². The van der Waals surface area contributed by atoms with Crippen molar-refractivity contribution in [3.8, 4) is 0 Å². The molecule has 2 N–H and O–H groups in total.